The van der Waals surface area contributed by atoms with Gasteiger partial charge in [0.15, 0.2) is 0 Å². The zero-order valence-corrected chi connectivity index (χ0v) is 11.4. The summed E-state index contributed by atoms with van der Waals surface area (Å²) in [5.74, 6) is 1.41. The smallest absolute Gasteiger partial charge is 0.264 e. The number of aromatic nitrogens is 1. The van der Waals surface area contributed by atoms with E-state index in [1.165, 1.54) is 0 Å². The zero-order valence-electron chi connectivity index (χ0n) is 11.4. The van der Waals surface area contributed by atoms with Crippen LogP contribution in [0.15, 0.2) is 53.7 Å². The summed E-state index contributed by atoms with van der Waals surface area (Å²) in [5.41, 5.74) is 1.81. The molecule has 21 heavy (non-hydrogen) atoms. The van der Waals surface area contributed by atoms with Gasteiger partial charge in [0.05, 0.1) is 18.7 Å². The molecule has 1 aromatic carbocycles. The molecule has 0 saturated heterocycles. The summed E-state index contributed by atoms with van der Waals surface area (Å²) >= 11 is 0. The third-order valence-corrected chi connectivity index (χ3v) is 3.76. The van der Waals surface area contributed by atoms with Crippen LogP contribution in [0.25, 0.3) is 0 Å². The summed E-state index contributed by atoms with van der Waals surface area (Å²) in [6, 6.07) is 13.8. The van der Waals surface area contributed by atoms with Crippen LogP contribution in [-0.4, -0.2) is 34.8 Å². The van der Waals surface area contributed by atoms with Crippen molar-refractivity contribution in [3.05, 3.63) is 59.8 Å². The molecule has 2 aliphatic heterocycles. The summed E-state index contributed by atoms with van der Waals surface area (Å²) in [5, 5.41) is 0. The normalized spacial score (nSPS) is 16.6. The number of benzene rings is 1. The first-order valence-corrected chi connectivity index (χ1v) is 6.97. The van der Waals surface area contributed by atoms with Gasteiger partial charge in [-0.3, -0.25) is 19.6 Å². The number of carbonyl (C=O) groups excluding carboxylic acids is 1. The van der Waals surface area contributed by atoms with Gasteiger partial charge in [0.2, 0.25) is 5.96 Å². The van der Waals surface area contributed by atoms with Crippen molar-refractivity contribution in [3.63, 3.8) is 0 Å². The zero-order chi connectivity index (χ0) is 14.2. The van der Waals surface area contributed by atoms with Crippen molar-refractivity contribution in [2.24, 2.45) is 4.99 Å². The van der Waals surface area contributed by atoms with Gasteiger partial charge in [0.25, 0.3) is 5.91 Å². The Morgan fingerprint density at radius 3 is 2.81 bits per heavy atom. The van der Waals surface area contributed by atoms with Crippen LogP contribution in [0.2, 0.25) is 0 Å². The molecule has 0 radical (unpaired) electrons. The van der Waals surface area contributed by atoms with E-state index in [4.69, 9.17) is 0 Å². The summed E-state index contributed by atoms with van der Waals surface area (Å²) in [4.78, 5) is 25.1. The SMILES string of the molecule is O=C1c2cccnc2N(Cc2ccccc2)C2=NCCN12. The van der Waals surface area contributed by atoms with Gasteiger partial charge in [-0.15, -0.1) is 0 Å². The Kier molecular flexibility index (Phi) is 2.70. The number of carbonyl (C=O) groups is 1. The molecule has 0 saturated carbocycles. The lowest BCUT2D eigenvalue weighted by Gasteiger charge is -2.34. The van der Waals surface area contributed by atoms with E-state index in [2.05, 4.69) is 22.1 Å². The average molecular weight is 278 g/mol. The fourth-order valence-electron chi connectivity index (χ4n) is 2.79. The maximum atomic E-state index is 12.5. The van der Waals surface area contributed by atoms with E-state index in [9.17, 15) is 4.79 Å². The predicted octanol–water partition coefficient (Wildman–Crippen LogP) is 1.91. The lowest BCUT2D eigenvalue weighted by molar-refractivity contribution is 0.0851. The van der Waals surface area contributed by atoms with Gasteiger partial charge in [-0.2, -0.15) is 0 Å². The van der Waals surface area contributed by atoms with Crippen LogP contribution in [0.5, 0.6) is 0 Å². The number of pyridine rings is 1. The van der Waals surface area contributed by atoms with Gasteiger partial charge in [-0.25, -0.2) is 4.98 Å². The van der Waals surface area contributed by atoms with E-state index in [0.717, 1.165) is 11.5 Å². The van der Waals surface area contributed by atoms with Crippen LogP contribution in [0, 0.1) is 0 Å². The van der Waals surface area contributed by atoms with Crippen LogP contribution in [-0.2, 0) is 6.54 Å². The lowest BCUT2D eigenvalue weighted by atomic mass is 10.1. The second-order valence-corrected chi connectivity index (χ2v) is 5.08. The summed E-state index contributed by atoms with van der Waals surface area (Å²) in [6.45, 7) is 1.96. The van der Waals surface area contributed by atoms with E-state index >= 15 is 0 Å². The quantitative estimate of drug-likeness (QED) is 0.843. The van der Waals surface area contributed by atoms with Crippen molar-refractivity contribution in [1.82, 2.24) is 9.88 Å². The van der Waals surface area contributed by atoms with Gasteiger partial charge in [0, 0.05) is 12.7 Å². The standard InChI is InChI=1S/C16H14N4O/c21-15-13-7-4-8-17-14(13)20(16-18-9-10-19(15)16)11-12-5-2-1-3-6-12/h1-8H,9-11H2. The van der Waals surface area contributed by atoms with Gasteiger partial charge < -0.3 is 0 Å². The number of anilines is 1. The number of amides is 1. The van der Waals surface area contributed by atoms with Crippen LogP contribution in [0.3, 0.4) is 0 Å². The molecule has 2 aliphatic rings. The first-order chi connectivity index (χ1) is 10.3. The number of hydrogen-bond acceptors (Lipinski definition) is 4. The Hall–Kier alpha value is -2.69. The van der Waals surface area contributed by atoms with E-state index in [0.29, 0.717) is 31.0 Å². The molecule has 0 atom stereocenters. The summed E-state index contributed by atoms with van der Waals surface area (Å²) < 4.78 is 0. The highest BCUT2D eigenvalue weighted by atomic mass is 16.2. The number of hydrogen-bond donors (Lipinski definition) is 0. The highest BCUT2D eigenvalue weighted by Gasteiger charge is 2.37. The summed E-state index contributed by atoms with van der Waals surface area (Å²) in [6.07, 6.45) is 1.72. The fraction of sp³-hybridized carbons (Fsp3) is 0.188. The molecule has 0 aliphatic carbocycles. The second kappa shape index (κ2) is 4.70. The van der Waals surface area contributed by atoms with Crippen molar-refractivity contribution in [1.29, 1.82) is 0 Å². The minimum absolute atomic E-state index is 0.00124. The molecule has 1 amide bonds. The number of nitrogens with zero attached hydrogens (tertiary/aromatic N) is 4. The molecule has 2 aromatic rings. The topological polar surface area (TPSA) is 48.8 Å². The minimum Gasteiger partial charge on any atom is -0.291 e. The van der Waals surface area contributed by atoms with Gasteiger partial charge in [-0.05, 0) is 17.7 Å². The number of aliphatic imine (C=N–C) groups is 1. The van der Waals surface area contributed by atoms with Crippen molar-refractivity contribution in [2.75, 3.05) is 18.0 Å². The van der Waals surface area contributed by atoms with Crippen LogP contribution in [0.4, 0.5) is 5.82 Å². The molecule has 0 unspecified atom stereocenters. The van der Waals surface area contributed by atoms with Gasteiger partial charge >= 0.3 is 0 Å². The number of guanidine groups is 1. The van der Waals surface area contributed by atoms with Gasteiger partial charge in [0.1, 0.15) is 5.82 Å². The van der Waals surface area contributed by atoms with E-state index in [1.54, 1.807) is 17.2 Å². The molecule has 5 heteroatoms. The molecular weight excluding hydrogens is 264 g/mol. The molecule has 1 aromatic heterocycles. The summed E-state index contributed by atoms with van der Waals surface area (Å²) in [7, 11) is 0. The third-order valence-electron chi connectivity index (χ3n) is 3.76. The van der Waals surface area contributed by atoms with Gasteiger partial charge in [-0.1, -0.05) is 30.3 Å². The molecule has 0 spiro atoms. The van der Waals surface area contributed by atoms with Crippen molar-refractivity contribution in [3.8, 4) is 0 Å². The first-order valence-electron chi connectivity index (χ1n) is 6.97. The predicted molar refractivity (Wildman–Crippen MR) is 80.2 cm³/mol. The Labute approximate surface area is 122 Å². The maximum absolute atomic E-state index is 12.5. The van der Waals surface area contributed by atoms with Crippen molar-refractivity contribution in [2.45, 2.75) is 6.54 Å². The molecule has 3 heterocycles. The van der Waals surface area contributed by atoms with E-state index < -0.39 is 0 Å². The van der Waals surface area contributed by atoms with E-state index in [-0.39, 0.29) is 5.91 Å². The highest BCUT2D eigenvalue weighted by Crippen LogP contribution is 2.29. The van der Waals surface area contributed by atoms with E-state index in [1.807, 2.05) is 29.2 Å². The molecule has 0 bridgehead atoms. The largest absolute Gasteiger partial charge is 0.291 e. The second-order valence-electron chi connectivity index (χ2n) is 5.08. The minimum atomic E-state index is -0.00124. The molecule has 4 rings (SSSR count). The van der Waals surface area contributed by atoms with Crippen LogP contribution < -0.4 is 4.90 Å². The van der Waals surface area contributed by atoms with Crippen molar-refractivity contribution < 1.29 is 4.79 Å². The van der Waals surface area contributed by atoms with Crippen LogP contribution >= 0.6 is 0 Å². The third kappa shape index (κ3) is 1.89. The molecule has 104 valence electrons. The Bertz CT molecular complexity index is 726. The van der Waals surface area contributed by atoms with Crippen LogP contribution in [0.1, 0.15) is 15.9 Å². The Morgan fingerprint density at radius 1 is 1.10 bits per heavy atom. The Balaban J connectivity index is 1.80. The molecule has 5 nitrogen and oxygen atoms in total. The monoisotopic (exact) mass is 278 g/mol. The fourth-order valence-corrected chi connectivity index (χ4v) is 2.79. The number of fused-ring (bicyclic) bond motifs is 2. The lowest BCUT2D eigenvalue weighted by Crippen LogP contribution is -2.50. The molecule has 0 fully saturated rings. The Morgan fingerprint density at radius 2 is 1.95 bits per heavy atom. The maximum Gasteiger partial charge on any atom is 0.264 e. The average Bonchev–Trinajstić information content (AvgIpc) is 3.02. The number of rotatable bonds is 2. The highest BCUT2D eigenvalue weighted by molar-refractivity contribution is 6.18. The first kappa shape index (κ1) is 12.1. The van der Waals surface area contributed by atoms with Crippen molar-refractivity contribution >= 4 is 17.7 Å². The molecular formula is C16H14N4O. The molecule has 0 N–H and O–H groups in total.